The fraction of sp³-hybridized carbons (Fsp3) is 0.800. The second-order valence-corrected chi connectivity index (χ2v) is 6.06. The number of guanidine groups is 1. The molecule has 9 heteroatoms. The molecule has 2 heterocycles. The molecule has 0 saturated carbocycles. The number of rotatable bonds is 7. The van der Waals surface area contributed by atoms with Gasteiger partial charge in [0.15, 0.2) is 11.8 Å². The average molecular weight is 452 g/mol. The van der Waals surface area contributed by atoms with Gasteiger partial charge in [-0.2, -0.15) is 0 Å². The summed E-state index contributed by atoms with van der Waals surface area (Å²) in [6.07, 6.45) is 2.17. The Morgan fingerprint density at radius 1 is 1.42 bits per heavy atom. The van der Waals surface area contributed by atoms with Crippen LogP contribution in [0.15, 0.2) is 4.99 Å². The topological polar surface area (TPSA) is 85.6 Å². The number of ether oxygens (including phenoxy) is 2. The molecule has 1 unspecified atom stereocenters. The number of halogens is 1. The van der Waals surface area contributed by atoms with Gasteiger partial charge < -0.3 is 24.7 Å². The van der Waals surface area contributed by atoms with Crippen molar-refractivity contribution in [2.45, 2.75) is 38.8 Å². The lowest BCUT2D eigenvalue weighted by Gasteiger charge is -2.24. The van der Waals surface area contributed by atoms with Gasteiger partial charge in [-0.25, -0.2) is 4.99 Å². The largest absolute Gasteiger partial charge is 0.383 e. The first-order valence-electron chi connectivity index (χ1n) is 8.04. The zero-order chi connectivity index (χ0) is 16.7. The molecular weight excluding hydrogens is 423 g/mol. The molecule has 0 spiro atoms. The van der Waals surface area contributed by atoms with Crippen LogP contribution < -0.4 is 10.6 Å². The van der Waals surface area contributed by atoms with Crippen molar-refractivity contribution in [3.8, 4) is 0 Å². The third-order valence-electron chi connectivity index (χ3n) is 4.09. The summed E-state index contributed by atoms with van der Waals surface area (Å²) in [7, 11) is 3.63. The van der Waals surface area contributed by atoms with E-state index >= 15 is 0 Å². The molecule has 1 aliphatic rings. The predicted octanol–water partition coefficient (Wildman–Crippen LogP) is 0.992. The average Bonchev–Trinajstić information content (AvgIpc) is 3.10. The van der Waals surface area contributed by atoms with Crippen molar-refractivity contribution in [3.05, 3.63) is 11.6 Å². The van der Waals surface area contributed by atoms with Crippen molar-refractivity contribution >= 4 is 29.9 Å². The minimum Gasteiger partial charge on any atom is -0.383 e. The Balaban J connectivity index is 0.00000288. The fourth-order valence-electron chi connectivity index (χ4n) is 2.43. The van der Waals surface area contributed by atoms with E-state index in [1.54, 1.807) is 7.11 Å². The molecule has 0 amide bonds. The van der Waals surface area contributed by atoms with Gasteiger partial charge in [0.05, 0.1) is 12.2 Å². The molecule has 1 aromatic heterocycles. The van der Waals surface area contributed by atoms with Crippen molar-refractivity contribution in [1.29, 1.82) is 0 Å². The van der Waals surface area contributed by atoms with Crippen LogP contribution in [-0.2, 0) is 23.1 Å². The van der Waals surface area contributed by atoms with E-state index in [2.05, 4.69) is 32.7 Å². The number of hydrogen-bond acceptors (Lipinski definition) is 5. The van der Waals surface area contributed by atoms with E-state index in [0.29, 0.717) is 19.7 Å². The standard InChI is InChI=1S/C15H28N6O2.HI/c1-12-19-20-13(21(12)3)10-17-14(16-7-9-22-4)18-11-15(2)6-5-8-23-15;/h5-11H2,1-4H3,(H2,16,17,18);1H. The SMILES string of the molecule is COCCNC(=NCc1nnc(C)n1C)NCC1(C)CCCO1.I. The molecular formula is C15H29IN6O2. The maximum Gasteiger partial charge on any atom is 0.191 e. The highest BCUT2D eigenvalue weighted by atomic mass is 127. The highest BCUT2D eigenvalue weighted by molar-refractivity contribution is 14.0. The van der Waals surface area contributed by atoms with Crippen LogP contribution in [0, 0.1) is 6.92 Å². The summed E-state index contributed by atoms with van der Waals surface area (Å²) in [5.74, 6) is 2.45. The van der Waals surface area contributed by atoms with Gasteiger partial charge in [0.25, 0.3) is 0 Å². The number of nitrogens with zero attached hydrogens (tertiary/aromatic N) is 4. The lowest BCUT2D eigenvalue weighted by Crippen LogP contribution is -2.46. The quantitative estimate of drug-likeness (QED) is 0.278. The Labute approximate surface area is 160 Å². The maximum absolute atomic E-state index is 5.81. The fourth-order valence-corrected chi connectivity index (χ4v) is 2.43. The maximum atomic E-state index is 5.81. The Hall–Kier alpha value is -0.940. The van der Waals surface area contributed by atoms with E-state index in [1.807, 2.05) is 18.5 Å². The molecule has 0 aromatic carbocycles. The number of nitrogens with one attached hydrogen (secondary N) is 2. The molecule has 0 aliphatic carbocycles. The summed E-state index contributed by atoms with van der Waals surface area (Å²) < 4.78 is 12.8. The molecule has 1 saturated heterocycles. The summed E-state index contributed by atoms with van der Waals surface area (Å²) in [5.41, 5.74) is -0.120. The zero-order valence-electron chi connectivity index (χ0n) is 15.0. The third kappa shape index (κ3) is 6.17. The number of hydrogen-bond donors (Lipinski definition) is 2. The number of aliphatic imine (C=N–C) groups is 1. The van der Waals surface area contributed by atoms with Crippen molar-refractivity contribution < 1.29 is 9.47 Å². The van der Waals surface area contributed by atoms with Gasteiger partial charge in [0.2, 0.25) is 0 Å². The van der Waals surface area contributed by atoms with Gasteiger partial charge in [0, 0.05) is 33.9 Å². The summed E-state index contributed by atoms with van der Waals surface area (Å²) in [6.45, 7) is 7.40. The second-order valence-electron chi connectivity index (χ2n) is 6.06. The third-order valence-corrected chi connectivity index (χ3v) is 4.09. The Kier molecular flexibility index (Phi) is 8.92. The zero-order valence-corrected chi connectivity index (χ0v) is 17.3. The molecule has 0 bridgehead atoms. The lowest BCUT2D eigenvalue weighted by atomic mass is 10.0. The molecule has 1 aromatic rings. The first kappa shape index (κ1) is 21.1. The Morgan fingerprint density at radius 2 is 2.21 bits per heavy atom. The van der Waals surface area contributed by atoms with E-state index in [1.165, 1.54) is 0 Å². The Morgan fingerprint density at radius 3 is 2.79 bits per heavy atom. The van der Waals surface area contributed by atoms with Gasteiger partial charge >= 0.3 is 0 Å². The van der Waals surface area contributed by atoms with Gasteiger partial charge in [-0.15, -0.1) is 34.2 Å². The Bertz CT molecular complexity index is 528. The van der Waals surface area contributed by atoms with Gasteiger partial charge in [-0.3, -0.25) is 0 Å². The van der Waals surface area contributed by atoms with Crippen LogP contribution in [-0.4, -0.2) is 59.7 Å². The molecule has 2 N–H and O–H groups in total. The van der Waals surface area contributed by atoms with E-state index in [4.69, 9.17) is 9.47 Å². The highest BCUT2D eigenvalue weighted by Crippen LogP contribution is 2.23. The van der Waals surface area contributed by atoms with Crippen LogP contribution in [0.2, 0.25) is 0 Å². The number of aromatic nitrogens is 3. The monoisotopic (exact) mass is 452 g/mol. The van der Waals surface area contributed by atoms with E-state index in [9.17, 15) is 0 Å². The second kappa shape index (κ2) is 10.1. The molecule has 1 aliphatic heterocycles. The van der Waals surface area contributed by atoms with Crippen LogP contribution in [0.1, 0.15) is 31.4 Å². The number of methoxy groups -OCH3 is 1. The van der Waals surface area contributed by atoms with Crippen LogP contribution in [0.25, 0.3) is 0 Å². The van der Waals surface area contributed by atoms with Crippen molar-refractivity contribution in [1.82, 2.24) is 25.4 Å². The van der Waals surface area contributed by atoms with Crippen LogP contribution in [0.3, 0.4) is 0 Å². The highest BCUT2D eigenvalue weighted by Gasteiger charge is 2.29. The van der Waals surface area contributed by atoms with E-state index < -0.39 is 0 Å². The summed E-state index contributed by atoms with van der Waals surface area (Å²) >= 11 is 0. The van der Waals surface area contributed by atoms with Crippen LogP contribution >= 0.6 is 24.0 Å². The normalized spacial score (nSPS) is 20.8. The smallest absolute Gasteiger partial charge is 0.191 e. The lowest BCUT2D eigenvalue weighted by molar-refractivity contribution is 0.0242. The summed E-state index contributed by atoms with van der Waals surface area (Å²) in [6, 6.07) is 0. The van der Waals surface area contributed by atoms with Crippen LogP contribution in [0.5, 0.6) is 0 Å². The molecule has 24 heavy (non-hydrogen) atoms. The van der Waals surface area contributed by atoms with Crippen molar-refractivity contribution in [2.24, 2.45) is 12.0 Å². The van der Waals surface area contributed by atoms with Gasteiger partial charge in [-0.05, 0) is 26.7 Å². The van der Waals surface area contributed by atoms with E-state index in [0.717, 1.165) is 43.6 Å². The van der Waals surface area contributed by atoms with E-state index in [-0.39, 0.29) is 29.6 Å². The number of aryl methyl sites for hydroxylation is 1. The van der Waals surface area contributed by atoms with Crippen molar-refractivity contribution in [3.63, 3.8) is 0 Å². The predicted molar refractivity (Wildman–Crippen MR) is 104 cm³/mol. The molecule has 1 fully saturated rings. The minimum absolute atomic E-state index is 0. The molecule has 0 radical (unpaired) electrons. The van der Waals surface area contributed by atoms with Gasteiger partial charge in [0.1, 0.15) is 12.4 Å². The first-order chi connectivity index (χ1) is 11.0. The molecule has 138 valence electrons. The van der Waals surface area contributed by atoms with Crippen molar-refractivity contribution in [2.75, 3.05) is 33.4 Å². The summed E-state index contributed by atoms with van der Waals surface area (Å²) in [5, 5.41) is 14.8. The molecule has 8 nitrogen and oxygen atoms in total. The minimum atomic E-state index is -0.120. The summed E-state index contributed by atoms with van der Waals surface area (Å²) in [4.78, 5) is 4.59. The first-order valence-corrected chi connectivity index (χ1v) is 8.04. The molecule has 1 atom stereocenters. The van der Waals surface area contributed by atoms with Crippen LogP contribution in [0.4, 0.5) is 0 Å². The van der Waals surface area contributed by atoms with Gasteiger partial charge in [-0.1, -0.05) is 0 Å². The molecule has 2 rings (SSSR count).